The Bertz CT molecular complexity index is 881. The van der Waals surface area contributed by atoms with E-state index in [-0.39, 0.29) is 34.3 Å². The third kappa shape index (κ3) is 4.07. The summed E-state index contributed by atoms with van der Waals surface area (Å²) >= 11 is 11.5. The summed E-state index contributed by atoms with van der Waals surface area (Å²) in [7, 11) is 0. The van der Waals surface area contributed by atoms with Gasteiger partial charge < -0.3 is 4.74 Å². The molecule has 0 bridgehead atoms. The van der Waals surface area contributed by atoms with E-state index in [1.54, 1.807) is 6.08 Å². The molecule has 2 nitrogen and oxygen atoms in total. The van der Waals surface area contributed by atoms with E-state index < -0.39 is 0 Å². The topological polar surface area (TPSA) is 26.3 Å². The molecule has 0 amide bonds. The molecule has 2 atom stereocenters. The average Bonchev–Trinajstić information content (AvgIpc) is 3.14. The summed E-state index contributed by atoms with van der Waals surface area (Å²) in [5, 5.41) is 0. The van der Waals surface area contributed by atoms with Crippen molar-refractivity contribution in [2.45, 2.75) is 34.3 Å². The first-order chi connectivity index (χ1) is 12.7. The summed E-state index contributed by atoms with van der Waals surface area (Å²) in [5.74, 6) is -0.379. The summed E-state index contributed by atoms with van der Waals surface area (Å²) in [6.07, 6.45) is 1.74. The lowest BCUT2D eigenvalue weighted by molar-refractivity contribution is -0.147. The van der Waals surface area contributed by atoms with Crippen molar-refractivity contribution in [1.29, 1.82) is 0 Å². The molecule has 2 aromatic rings. The Morgan fingerprint density at radius 1 is 1.11 bits per heavy atom. The van der Waals surface area contributed by atoms with Crippen LogP contribution in [-0.4, -0.2) is 5.97 Å². The van der Waals surface area contributed by atoms with Gasteiger partial charge in [-0.2, -0.15) is 0 Å². The fourth-order valence-corrected chi connectivity index (χ4v) is 4.18. The first kappa shape index (κ1) is 20.0. The molecule has 0 saturated heterocycles. The van der Waals surface area contributed by atoms with Crippen molar-refractivity contribution in [2.24, 2.45) is 17.3 Å². The van der Waals surface area contributed by atoms with Gasteiger partial charge in [0.15, 0.2) is 0 Å². The zero-order valence-corrected chi connectivity index (χ0v) is 17.6. The number of benzene rings is 2. The minimum atomic E-state index is -0.204. The van der Waals surface area contributed by atoms with Crippen LogP contribution >= 0.6 is 23.2 Å². The van der Waals surface area contributed by atoms with Gasteiger partial charge in [-0.3, -0.25) is 4.79 Å². The second kappa shape index (κ2) is 7.69. The first-order valence-electron chi connectivity index (χ1n) is 9.07. The maximum Gasteiger partial charge on any atom is 0.310 e. The Hall–Kier alpha value is -1.77. The first-order valence-corrected chi connectivity index (χ1v) is 9.83. The zero-order valence-electron chi connectivity index (χ0n) is 16.1. The van der Waals surface area contributed by atoms with Gasteiger partial charge in [0.2, 0.25) is 0 Å². The van der Waals surface area contributed by atoms with Gasteiger partial charge in [0.25, 0.3) is 0 Å². The van der Waals surface area contributed by atoms with Crippen molar-refractivity contribution in [3.63, 3.8) is 0 Å². The van der Waals surface area contributed by atoms with Crippen molar-refractivity contribution in [2.75, 3.05) is 0 Å². The number of esters is 1. The smallest absolute Gasteiger partial charge is 0.310 e. The van der Waals surface area contributed by atoms with Gasteiger partial charge in [-0.25, -0.2) is 0 Å². The van der Waals surface area contributed by atoms with Crippen LogP contribution < -0.4 is 0 Å². The lowest BCUT2D eigenvalue weighted by Gasteiger charge is -2.15. The number of carbonyl (C=O) groups is 1. The summed E-state index contributed by atoms with van der Waals surface area (Å²) in [6.45, 7) is 8.51. The normalized spacial score (nSPS) is 20.1. The third-order valence-corrected chi connectivity index (χ3v) is 5.94. The highest BCUT2D eigenvalue weighted by molar-refractivity contribution is 6.55. The molecule has 4 heteroatoms. The molecule has 0 spiro atoms. The number of halogens is 2. The van der Waals surface area contributed by atoms with Crippen molar-refractivity contribution >= 4 is 29.2 Å². The largest absolute Gasteiger partial charge is 0.461 e. The minimum Gasteiger partial charge on any atom is -0.461 e. The number of allylic oxidation sites excluding steroid dienone is 1. The quantitative estimate of drug-likeness (QED) is 0.526. The maximum atomic E-state index is 12.6. The Morgan fingerprint density at radius 3 is 2.41 bits per heavy atom. The van der Waals surface area contributed by atoms with Gasteiger partial charge in [0.05, 0.1) is 5.92 Å². The molecule has 1 saturated carbocycles. The van der Waals surface area contributed by atoms with Crippen LogP contribution in [0.1, 0.15) is 30.5 Å². The molecule has 142 valence electrons. The third-order valence-electron chi connectivity index (χ3n) is 5.69. The van der Waals surface area contributed by atoms with Gasteiger partial charge in [0, 0.05) is 0 Å². The Balaban J connectivity index is 1.76. The predicted molar refractivity (Wildman–Crippen MR) is 112 cm³/mol. The van der Waals surface area contributed by atoms with E-state index in [1.807, 2.05) is 38.1 Å². The Labute approximate surface area is 171 Å². The highest BCUT2D eigenvalue weighted by Crippen LogP contribution is 2.60. The van der Waals surface area contributed by atoms with E-state index in [2.05, 4.69) is 32.0 Å². The predicted octanol–water partition coefficient (Wildman–Crippen LogP) is 6.60. The van der Waals surface area contributed by atoms with Crippen LogP contribution in [0.3, 0.4) is 0 Å². The second-order valence-electron chi connectivity index (χ2n) is 7.80. The van der Waals surface area contributed by atoms with E-state index in [0.717, 1.165) is 11.1 Å². The minimum absolute atomic E-state index is 0.0222. The van der Waals surface area contributed by atoms with E-state index in [0.29, 0.717) is 0 Å². The second-order valence-corrected chi connectivity index (χ2v) is 8.80. The van der Waals surface area contributed by atoms with Gasteiger partial charge in [-0.15, -0.1) is 0 Å². The number of carbonyl (C=O) groups excluding carboxylic acids is 1. The molecule has 1 aliphatic rings. The fourth-order valence-electron chi connectivity index (χ4n) is 3.91. The summed E-state index contributed by atoms with van der Waals surface area (Å²) in [5.41, 5.74) is 5.57. The van der Waals surface area contributed by atoms with Crippen molar-refractivity contribution in [3.05, 3.63) is 69.7 Å². The highest BCUT2D eigenvalue weighted by atomic mass is 35.5. The van der Waals surface area contributed by atoms with Crippen LogP contribution in [0.25, 0.3) is 11.1 Å². The van der Waals surface area contributed by atoms with E-state index in [4.69, 9.17) is 27.9 Å². The molecule has 3 rings (SSSR count). The number of hydrogen-bond donors (Lipinski definition) is 0. The number of hydrogen-bond acceptors (Lipinski definition) is 2. The van der Waals surface area contributed by atoms with Gasteiger partial charge in [-0.05, 0) is 59.1 Å². The van der Waals surface area contributed by atoms with E-state index in [1.165, 1.54) is 16.7 Å². The number of ether oxygens (including phenoxy) is 1. The van der Waals surface area contributed by atoms with Gasteiger partial charge >= 0.3 is 5.97 Å². The highest BCUT2D eigenvalue weighted by Gasteiger charge is 2.61. The van der Waals surface area contributed by atoms with Crippen LogP contribution in [-0.2, 0) is 16.1 Å². The van der Waals surface area contributed by atoms with Crippen LogP contribution in [0.15, 0.2) is 53.0 Å². The van der Waals surface area contributed by atoms with Crippen molar-refractivity contribution in [3.8, 4) is 11.1 Å². The molecule has 1 fully saturated rings. The monoisotopic (exact) mass is 402 g/mol. The number of aryl methyl sites for hydroxylation is 1. The molecule has 27 heavy (non-hydrogen) atoms. The van der Waals surface area contributed by atoms with Crippen LogP contribution in [0, 0.1) is 31.1 Å². The molecule has 0 aromatic heterocycles. The molecule has 2 aromatic carbocycles. The van der Waals surface area contributed by atoms with Gasteiger partial charge in [-0.1, -0.05) is 79.5 Å². The fraction of sp³-hybridized carbons (Fsp3) is 0.348. The van der Waals surface area contributed by atoms with Crippen LogP contribution in [0.5, 0.6) is 0 Å². The summed E-state index contributed by atoms with van der Waals surface area (Å²) in [4.78, 5) is 12.6. The summed E-state index contributed by atoms with van der Waals surface area (Å²) < 4.78 is 5.86. The van der Waals surface area contributed by atoms with Crippen LogP contribution in [0.2, 0.25) is 0 Å². The Morgan fingerprint density at radius 2 is 1.78 bits per heavy atom. The van der Waals surface area contributed by atoms with E-state index in [9.17, 15) is 4.79 Å². The zero-order chi connectivity index (χ0) is 19.8. The number of rotatable bonds is 5. The van der Waals surface area contributed by atoms with Crippen LogP contribution in [0.4, 0.5) is 0 Å². The molecule has 0 aliphatic heterocycles. The lowest BCUT2D eigenvalue weighted by Crippen LogP contribution is -2.11. The lowest BCUT2D eigenvalue weighted by atomic mass is 9.92. The SMILES string of the molecule is Cc1ccc(COC(=O)C2C(C=C(Cl)Cl)C2(C)C)c(C)c1-c1ccccc1. The average molecular weight is 403 g/mol. The summed E-state index contributed by atoms with van der Waals surface area (Å²) in [6, 6.07) is 14.4. The molecular formula is C23H24Cl2O2. The molecule has 0 radical (unpaired) electrons. The van der Waals surface area contributed by atoms with Crippen molar-refractivity contribution < 1.29 is 9.53 Å². The molecule has 0 N–H and O–H groups in total. The molecule has 0 heterocycles. The van der Waals surface area contributed by atoms with Crippen molar-refractivity contribution in [1.82, 2.24) is 0 Å². The Kier molecular flexibility index (Phi) is 5.69. The molecule has 1 aliphatic carbocycles. The van der Waals surface area contributed by atoms with E-state index >= 15 is 0 Å². The standard InChI is InChI=1S/C23H24Cl2O2/c1-14-10-11-17(15(2)20(14)16-8-6-5-7-9-16)13-27-22(26)21-18(12-19(24)25)23(21,3)4/h5-12,18,21H,13H2,1-4H3. The maximum absolute atomic E-state index is 12.6. The van der Waals surface area contributed by atoms with Gasteiger partial charge in [0.1, 0.15) is 11.1 Å². The molecule has 2 unspecified atom stereocenters. The molecular weight excluding hydrogens is 379 g/mol.